The van der Waals surface area contributed by atoms with Crippen molar-refractivity contribution in [1.82, 2.24) is 10.2 Å². The second kappa shape index (κ2) is 14.2. The summed E-state index contributed by atoms with van der Waals surface area (Å²) in [7, 11) is 1.43. The Labute approximate surface area is 297 Å². The first-order chi connectivity index (χ1) is 23.5. The first kappa shape index (κ1) is 35.1. The minimum absolute atomic E-state index is 0.00851. The Bertz CT molecular complexity index is 1850. The van der Waals surface area contributed by atoms with E-state index in [9.17, 15) is 29.4 Å². The number of benzene rings is 2. The number of carbonyl (C=O) groups is 3. The van der Waals surface area contributed by atoms with Gasteiger partial charge in [-0.2, -0.15) is 0 Å². The number of carbonyl (C=O) groups excluding carboxylic acids is 3. The Hall–Kier alpha value is -3.75. The van der Waals surface area contributed by atoms with E-state index in [2.05, 4.69) is 19.2 Å². The van der Waals surface area contributed by atoms with Crippen LogP contribution >= 0.6 is 22.6 Å². The highest BCUT2D eigenvalue weighted by atomic mass is 127. The van der Waals surface area contributed by atoms with Crippen molar-refractivity contribution < 1.29 is 38.5 Å². The van der Waals surface area contributed by atoms with Gasteiger partial charge in [-0.1, -0.05) is 32.0 Å². The van der Waals surface area contributed by atoms with Gasteiger partial charge in [0.1, 0.15) is 29.6 Å². The van der Waals surface area contributed by atoms with E-state index in [-0.39, 0.29) is 60.1 Å². The highest BCUT2D eigenvalue weighted by molar-refractivity contribution is 14.1. The van der Waals surface area contributed by atoms with Crippen LogP contribution in [0.2, 0.25) is 0 Å². The minimum Gasteiger partial charge on any atom is -0.493 e. The Morgan fingerprint density at radius 2 is 1.96 bits per heavy atom. The number of halogens is 1. The number of rotatable bonds is 11. The maximum atomic E-state index is 14.7. The summed E-state index contributed by atoms with van der Waals surface area (Å²) in [5, 5.41) is 24.8. The Kier molecular flexibility index (Phi) is 10.2. The second-order valence-corrected chi connectivity index (χ2v) is 15.0. The average molecular weight is 785 g/mol. The van der Waals surface area contributed by atoms with Crippen LogP contribution in [0.5, 0.6) is 11.5 Å². The zero-order chi connectivity index (χ0) is 35.0. The molecule has 3 saturated carbocycles. The lowest BCUT2D eigenvalue weighted by Gasteiger charge is -2.61. The third kappa shape index (κ3) is 6.74. The van der Waals surface area contributed by atoms with Crippen LogP contribution in [0.1, 0.15) is 60.2 Å². The molecule has 4 aliphatic rings. The Morgan fingerprint density at radius 3 is 2.65 bits per heavy atom. The van der Waals surface area contributed by atoms with E-state index >= 15 is 0 Å². The normalized spacial score (nSPS) is 25.5. The van der Waals surface area contributed by atoms with Crippen molar-refractivity contribution in [3.05, 3.63) is 79.2 Å². The quantitative estimate of drug-likeness (QED) is 0.146. The summed E-state index contributed by atoms with van der Waals surface area (Å²) in [6.07, 6.45) is 2.70. The molecule has 2 amide bonds. The molecule has 0 spiro atoms. The molecule has 4 aliphatic carbocycles. The first-order valence-electron chi connectivity index (χ1n) is 16.6. The predicted octanol–water partition coefficient (Wildman–Crippen LogP) is 4.35. The fourth-order valence-electron chi connectivity index (χ4n) is 8.01. The first-order valence-corrected chi connectivity index (χ1v) is 17.7. The van der Waals surface area contributed by atoms with E-state index in [0.717, 1.165) is 19.3 Å². The van der Waals surface area contributed by atoms with Crippen LogP contribution in [-0.2, 0) is 4.79 Å². The van der Waals surface area contributed by atoms with Gasteiger partial charge in [-0.15, -0.1) is 0 Å². The summed E-state index contributed by atoms with van der Waals surface area (Å²) in [5.41, 5.74) is 0.133. The summed E-state index contributed by atoms with van der Waals surface area (Å²) in [6.45, 7) is 4.53. The molecule has 49 heavy (non-hydrogen) atoms. The van der Waals surface area contributed by atoms with E-state index in [1.54, 1.807) is 35.2 Å². The van der Waals surface area contributed by atoms with E-state index in [1.807, 2.05) is 22.6 Å². The molecule has 3 N–H and O–H groups in total. The molecule has 6 atom stereocenters. The van der Waals surface area contributed by atoms with Crippen LogP contribution < -0.4 is 20.4 Å². The van der Waals surface area contributed by atoms with Gasteiger partial charge >= 0.3 is 5.63 Å². The molecule has 11 nitrogen and oxygen atoms in total. The molecule has 6 unspecified atom stereocenters. The number of aldehydes is 1. The van der Waals surface area contributed by atoms with Gasteiger partial charge in [0.15, 0.2) is 11.5 Å². The van der Waals surface area contributed by atoms with Crippen LogP contribution in [0.4, 0.5) is 0 Å². The smallest absolute Gasteiger partial charge is 0.349 e. The molecule has 2 bridgehead atoms. The van der Waals surface area contributed by atoms with Gasteiger partial charge in [-0.25, -0.2) is 4.79 Å². The third-order valence-corrected chi connectivity index (χ3v) is 11.6. The van der Waals surface area contributed by atoms with Gasteiger partial charge < -0.3 is 34.3 Å². The summed E-state index contributed by atoms with van der Waals surface area (Å²) in [4.78, 5) is 54.5. The summed E-state index contributed by atoms with van der Waals surface area (Å²) in [5.74, 6) is 0.527. The average Bonchev–Trinajstić information content (AvgIpc) is 3.10. The molecule has 1 aromatic heterocycles. The number of nitrogens with zero attached hydrogens (tertiary/aromatic N) is 1. The van der Waals surface area contributed by atoms with Crippen LogP contribution in [-0.4, -0.2) is 78.3 Å². The van der Waals surface area contributed by atoms with E-state index in [0.29, 0.717) is 38.2 Å². The third-order valence-electron chi connectivity index (χ3n) is 10.8. The molecule has 3 fully saturated rings. The van der Waals surface area contributed by atoms with Crippen molar-refractivity contribution in [2.45, 2.75) is 57.8 Å². The van der Waals surface area contributed by atoms with E-state index < -0.39 is 35.7 Å². The number of ether oxygens (including phenoxy) is 2. The van der Waals surface area contributed by atoms with Crippen molar-refractivity contribution in [3.63, 3.8) is 0 Å². The molecule has 260 valence electrons. The van der Waals surface area contributed by atoms with Gasteiger partial charge in [0.25, 0.3) is 5.91 Å². The van der Waals surface area contributed by atoms with Gasteiger partial charge in [0.05, 0.1) is 23.3 Å². The Morgan fingerprint density at radius 1 is 1.18 bits per heavy atom. The highest BCUT2D eigenvalue weighted by Gasteiger charge is 2.55. The second-order valence-electron chi connectivity index (χ2n) is 13.8. The number of aliphatic hydroxyl groups excluding tert-OH is 2. The predicted molar refractivity (Wildman–Crippen MR) is 190 cm³/mol. The lowest BCUT2D eigenvalue weighted by atomic mass is 9.45. The van der Waals surface area contributed by atoms with E-state index in [1.165, 1.54) is 25.3 Å². The van der Waals surface area contributed by atoms with Crippen molar-refractivity contribution in [3.8, 4) is 11.5 Å². The summed E-state index contributed by atoms with van der Waals surface area (Å²) >= 11 is 2.01. The number of hydrogen-bond donors (Lipinski definition) is 3. The molecule has 1 heterocycles. The number of methoxy groups -OCH3 is 1. The lowest BCUT2D eigenvalue weighted by Crippen LogP contribution is -2.59. The largest absolute Gasteiger partial charge is 0.493 e. The van der Waals surface area contributed by atoms with Crippen LogP contribution in [0.15, 0.2) is 63.3 Å². The Balaban J connectivity index is 1.42. The molecule has 12 heteroatoms. The number of para-hydroxylation sites is 1. The highest BCUT2D eigenvalue weighted by Crippen LogP contribution is 2.61. The van der Waals surface area contributed by atoms with Crippen LogP contribution in [0.3, 0.4) is 0 Å². The van der Waals surface area contributed by atoms with Crippen molar-refractivity contribution in [2.24, 2.45) is 23.2 Å². The van der Waals surface area contributed by atoms with Gasteiger partial charge in [0.2, 0.25) is 5.91 Å². The molecule has 0 saturated heterocycles. The topological polar surface area (TPSA) is 156 Å². The van der Waals surface area contributed by atoms with Crippen molar-refractivity contribution in [1.29, 1.82) is 0 Å². The monoisotopic (exact) mass is 784 g/mol. The number of fused-ring (bicyclic) bond motifs is 3. The molecule has 3 aromatic rings. The fraction of sp³-hybridized carbons (Fsp3) is 0.459. The van der Waals surface area contributed by atoms with E-state index in [4.69, 9.17) is 13.9 Å². The summed E-state index contributed by atoms with van der Waals surface area (Å²) in [6, 6.07) is 10.6. The van der Waals surface area contributed by atoms with Crippen molar-refractivity contribution >= 4 is 51.7 Å². The maximum Gasteiger partial charge on any atom is 0.349 e. The molecule has 0 aliphatic heterocycles. The molecular formula is C37H41IN2O9. The van der Waals surface area contributed by atoms with Crippen LogP contribution in [0.25, 0.3) is 11.0 Å². The molecular weight excluding hydrogens is 743 g/mol. The maximum absolute atomic E-state index is 14.7. The fourth-order valence-corrected chi connectivity index (χ4v) is 8.76. The zero-order valence-corrected chi connectivity index (χ0v) is 29.8. The van der Waals surface area contributed by atoms with Crippen LogP contribution in [0, 0.1) is 26.7 Å². The van der Waals surface area contributed by atoms with Gasteiger partial charge in [-0.05, 0) is 95.4 Å². The van der Waals surface area contributed by atoms with Gasteiger partial charge in [-0.3, -0.25) is 14.4 Å². The number of nitrogens with one attached hydrogen (secondary N) is 1. The van der Waals surface area contributed by atoms with Gasteiger partial charge in [0, 0.05) is 36.0 Å². The SMILES string of the molecule is COc1cc(C=O)cc(I)c1OC1C=C(C(=O)NCCO)CC(N(CC2CCC3CC2C3(C)C)C(=O)c2cc3ccccc3oc2=O)C1O. The summed E-state index contributed by atoms with van der Waals surface area (Å²) < 4.78 is 18.0. The number of hydrogen-bond acceptors (Lipinski definition) is 9. The van der Waals surface area contributed by atoms with Crippen molar-refractivity contribution in [2.75, 3.05) is 26.8 Å². The minimum atomic E-state index is -1.33. The number of amides is 2. The standard InChI is InChI=1S/C37H41IN2O9/c1-37(2)24-9-8-22(26(37)17-24)18-40(35(45)25-14-21-6-4-5-7-29(21)49-36(25)46)28-15-23(34(44)39-10-11-41)16-30(32(28)43)48-33-27(38)12-20(19-42)13-31(33)47-3/h4-7,12-14,16,19,22,24,26,28,30,32,41,43H,8-11,15,17-18H2,1-3H3,(H,39,44). The molecule has 0 radical (unpaired) electrons. The molecule has 7 rings (SSSR count). The lowest BCUT2D eigenvalue weighted by molar-refractivity contribution is -0.120. The number of aliphatic hydroxyl groups is 2. The zero-order valence-electron chi connectivity index (χ0n) is 27.7. The molecule has 2 aromatic carbocycles.